The first-order valence-corrected chi connectivity index (χ1v) is 10.1. The third-order valence-electron chi connectivity index (χ3n) is 5.55. The number of alkyl halides is 1. The molecule has 1 aromatic rings. The molecule has 1 unspecified atom stereocenters. The van der Waals surface area contributed by atoms with Gasteiger partial charge in [0.05, 0.1) is 0 Å². The molecule has 3 rings (SSSR count). The van der Waals surface area contributed by atoms with Gasteiger partial charge in [0.1, 0.15) is 19.1 Å². The van der Waals surface area contributed by atoms with Gasteiger partial charge in [-0.25, -0.2) is 9.18 Å². The Bertz CT molecular complexity index is 743. The molecule has 1 aliphatic heterocycles. The van der Waals surface area contributed by atoms with E-state index in [0.29, 0.717) is 24.8 Å². The highest BCUT2D eigenvalue weighted by Crippen LogP contribution is 2.33. The average Bonchev–Trinajstić information content (AvgIpc) is 2.72. The van der Waals surface area contributed by atoms with Gasteiger partial charge in [-0.3, -0.25) is 4.79 Å². The van der Waals surface area contributed by atoms with Gasteiger partial charge in [0.15, 0.2) is 0 Å². The molecule has 0 bridgehead atoms. The van der Waals surface area contributed by atoms with Gasteiger partial charge in [-0.15, -0.1) is 0 Å². The third-order valence-corrected chi connectivity index (χ3v) is 5.55. The van der Waals surface area contributed by atoms with Gasteiger partial charge in [-0.1, -0.05) is 61.9 Å². The predicted octanol–water partition coefficient (Wildman–Crippen LogP) is 5.00. The van der Waals surface area contributed by atoms with Crippen LogP contribution in [0.3, 0.4) is 0 Å². The van der Waals surface area contributed by atoms with Gasteiger partial charge in [0.25, 0.3) is 0 Å². The molecule has 1 aromatic carbocycles. The Morgan fingerprint density at radius 1 is 1.25 bits per heavy atom. The average molecular weight is 385 g/mol. The van der Waals surface area contributed by atoms with Crippen molar-refractivity contribution in [2.75, 3.05) is 6.67 Å². The summed E-state index contributed by atoms with van der Waals surface area (Å²) in [6, 6.07) is 9.19. The minimum atomic E-state index is -0.492. The molecule has 1 saturated heterocycles. The number of allylic oxidation sites excluding steroid dienone is 3. The van der Waals surface area contributed by atoms with Crippen molar-refractivity contribution in [3.8, 4) is 0 Å². The number of ether oxygens (including phenoxy) is 1. The van der Waals surface area contributed by atoms with Gasteiger partial charge >= 0.3 is 6.09 Å². The van der Waals surface area contributed by atoms with Crippen molar-refractivity contribution in [2.45, 2.75) is 57.7 Å². The van der Waals surface area contributed by atoms with E-state index in [4.69, 9.17) is 4.74 Å². The highest BCUT2D eigenvalue weighted by molar-refractivity contribution is 5.83. The Morgan fingerprint density at radius 2 is 2.04 bits per heavy atom. The molecule has 5 heteroatoms. The molecular formula is C23H28FNO3. The van der Waals surface area contributed by atoms with Crippen LogP contribution in [0.4, 0.5) is 9.18 Å². The number of likely N-dealkylation sites (tertiary alicyclic amines) is 1. The first kappa shape index (κ1) is 20.3. The number of ketones is 1. The van der Waals surface area contributed by atoms with E-state index in [1.807, 2.05) is 42.5 Å². The van der Waals surface area contributed by atoms with Crippen molar-refractivity contribution in [2.24, 2.45) is 5.92 Å². The molecule has 0 spiro atoms. The highest BCUT2D eigenvalue weighted by Gasteiger charge is 2.41. The molecule has 4 nitrogen and oxygen atoms in total. The van der Waals surface area contributed by atoms with E-state index in [-0.39, 0.29) is 36.5 Å². The van der Waals surface area contributed by atoms with E-state index in [2.05, 4.69) is 6.92 Å². The van der Waals surface area contributed by atoms with E-state index in [1.165, 1.54) is 0 Å². The number of carbonyl (C=O) groups is 2. The van der Waals surface area contributed by atoms with Crippen LogP contribution >= 0.6 is 0 Å². The largest absolute Gasteiger partial charge is 0.445 e. The van der Waals surface area contributed by atoms with E-state index in [0.717, 1.165) is 18.4 Å². The second-order valence-electron chi connectivity index (χ2n) is 7.58. The lowest BCUT2D eigenvalue weighted by atomic mass is 9.81. The van der Waals surface area contributed by atoms with E-state index in [1.54, 1.807) is 11.0 Å². The smallest absolute Gasteiger partial charge is 0.410 e. The molecule has 0 aromatic heterocycles. The summed E-state index contributed by atoms with van der Waals surface area (Å²) in [5.74, 6) is 0.187. The number of carbonyl (C=O) groups excluding carboxylic acids is 2. The molecule has 0 N–H and O–H groups in total. The summed E-state index contributed by atoms with van der Waals surface area (Å²) in [5.41, 5.74) is 1.59. The summed E-state index contributed by atoms with van der Waals surface area (Å²) < 4.78 is 18.5. The van der Waals surface area contributed by atoms with Crippen LogP contribution in [0.5, 0.6) is 0 Å². The first-order chi connectivity index (χ1) is 13.6. The summed E-state index contributed by atoms with van der Waals surface area (Å²) >= 11 is 0. The Hall–Kier alpha value is -2.43. The van der Waals surface area contributed by atoms with Crippen molar-refractivity contribution < 1.29 is 18.7 Å². The van der Waals surface area contributed by atoms with Crippen LogP contribution in [0.1, 0.15) is 44.6 Å². The number of amides is 1. The zero-order chi connectivity index (χ0) is 19.9. The molecule has 150 valence electrons. The topological polar surface area (TPSA) is 46.6 Å². The number of Topliss-reactive ketones (excluding diaryl/α,β-unsaturated/α-hetero) is 1. The quantitative estimate of drug-likeness (QED) is 0.692. The van der Waals surface area contributed by atoms with E-state index >= 15 is 0 Å². The van der Waals surface area contributed by atoms with Gasteiger partial charge in [-0.05, 0) is 24.0 Å². The minimum Gasteiger partial charge on any atom is -0.445 e. The maximum Gasteiger partial charge on any atom is 0.410 e. The number of nitrogens with zero attached hydrogens (tertiary/aromatic N) is 1. The molecule has 1 amide bonds. The fraction of sp³-hybridized carbons (Fsp3) is 0.478. The summed E-state index contributed by atoms with van der Waals surface area (Å²) in [4.78, 5) is 27.2. The lowest BCUT2D eigenvalue weighted by molar-refractivity contribution is -0.125. The van der Waals surface area contributed by atoms with Gasteiger partial charge in [-0.2, -0.15) is 0 Å². The number of hydrogen-bond donors (Lipinski definition) is 0. The number of halogens is 1. The summed E-state index contributed by atoms with van der Waals surface area (Å²) in [6.45, 7) is 1.77. The molecule has 0 radical (unpaired) electrons. The van der Waals surface area contributed by atoms with Gasteiger partial charge in [0.2, 0.25) is 0 Å². The second kappa shape index (κ2) is 9.67. The van der Waals surface area contributed by atoms with Gasteiger partial charge in [0, 0.05) is 30.8 Å². The Labute approximate surface area is 166 Å². The van der Waals surface area contributed by atoms with E-state index in [9.17, 15) is 14.0 Å². The van der Waals surface area contributed by atoms with Crippen molar-refractivity contribution in [1.29, 1.82) is 0 Å². The van der Waals surface area contributed by atoms with Gasteiger partial charge < -0.3 is 9.64 Å². The molecule has 0 saturated carbocycles. The lowest BCUT2D eigenvalue weighted by Crippen LogP contribution is -2.55. The van der Waals surface area contributed by atoms with Crippen molar-refractivity contribution >= 4 is 11.9 Å². The van der Waals surface area contributed by atoms with E-state index < -0.39 is 6.67 Å². The van der Waals surface area contributed by atoms with Crippen LogP contribution in [0.25, 0.3) is 0 Å². The second-order valence-corrected chi connectivity index (χ2v) is 7.58. The number of hydrogen-bond acceptors (Lipinski definition) is 3. The highest BCUT2D eigenvalue weighted by atomic mass is 19.1. The number of piperidine rings is 1. The van der Waals surface area contributed by atoms with Crippen LogP contribution in [0.2, 0.25) is 0 Å². The Morgan fingerprint density at radius 3 is 2.68 bits per heavy atom. The molecule has 2 aliphatic rings. The fourth-order valence-electron chi connectivity index (χ4n) is 4.12. The van der Waals surface area contributed by atoms with Crippen LogP contribution in [-0.2, 0) is 16.1 Å². The van der Waals surface area contributed by atoms with Crippen LogP contribution < -0.4 is 0 Å². The number of rotatable bonds is 6. The number of benzene rings is 1. The first-order valence-electron chi connectivity index (χ1n) is 10.1. The zero-order valence-corrected chi connectivity index (χ0v) is 16.4. The summed E-state index contributed by atoms with van der Waals surface area (Å²) in [6.07, 6.45) is 8.22. The molecule has 1 fully saturated rings. The monoisotopic (exact) mass is 385 g/mol. The van der Waals surface area contributed by atoms with Crippen LogP contribution in [-0.4, -0.2) is 35.5 Å². The normalized spacial score (nSPS) is 24.8. The summed E-state index contributed by atoms with van der Waals surface area (Å²) in [7, 11) is 0. The Balaban J connectivity index is 1.76. The van der Waals surface area contributed by atoms with Crippen molar-refractivity contribution in [1.82, 2.24) is 4.90 Å². The van der Waals surface area contributed by atoms with Crippen LogP contribution in [0.15, 0.2) is 54.1 Å². The molecule has 28 heavy (non-hydrogen) atoms. The standard InChI is InChI=1S/C23H28FNO3/c1-2-6-20-13-21(26)14-22(19-11-9-17(15-24)10-12-19)25(20)23(27)28-16-18-7-4-3-5-8-18/h3-5,7-11,19-20,22H,2,6,12-16H2,1H3/t19?,20-,22+/m0/s1. The third kappa shape index (κ3) is 4.89. The Kier molecular flexibility index (Phi) is 7.01. The van der Waals surface area contributed by atoms with Crippen LogP contribution in [0, 0.1) is 5.92 Å². The van der Waals surface area contributed by atoms with Crippen molar-refractivity contribution in [3.63, 3.8) is 0 Å². The zero-order valence-electron chi connectivity index (χ0n) is 16.4. The molecular weight excluding hydrogens is 357 g/mol. The predicted molar refractivity (Wildman–Crippen MR) is 106 cm³/mol. The fourth-order valence-corrected chi connectivity index (χ4v) is 4.12. The van der Waals surface area contributed by atoms with Crippen molar-refractivity contribution in [3.05, 3.63) is 59.7 Å². The SMILES string of the molecule is CCC[C@H]1CC(=O)C[C@H](C2C=CC(CF)=CC2)N1C(=O)OCc1ccccc1. The molecule has 3 atom stereocenters. The molecule has 1 aliphatic carbocycles. The lowest BCUT2D eigenvalue weighted by Gasteiger charge is -2.43. The minimum absolute atomic E-state index is 0.00295. The maximum atomic E-state index is 13.0. The molecule has 1 heterocycles. The summed E-state index contributed by atoms with van der Waals surface area (Å²) in [5, 5.41) is 0. The maximum absolute atomic E-state index is 13.0.